The van der Waals surface area contributed by atoms with Crippen LogP contribution in [0.4, 0.5) is 0 Å². The minimum Gasteiger partial charge on any atom is -0.511 e. The van der Waals surface area contributed by atoms with E-state index in [1.807, 2.05) is 0 Å². The number of halogens is 1. The highest BCUT2D eigenvalue weighted by Crippen LogP contribution is 2.09. The van der Waals surface area contributed by atoms with Gasteiger partial charge in [-0.25, -0.2) is 0 Å². The average Bonchev–Trinajstić information content (AvgIpc) is 1.88. The number of aliphatic hydroxyl groups excluding tert-OH is 1. The number of allylic oxidation sites excluding steroid dienone is 2. The van der Waals surface area contributed by atoms with Gasteiger partial charge in [0.1, 0.15) is 21.1 Å². The average molecular weight is 250 g/mol. The summed E-state index contributed by atoms with van der Waals surface area (Å²) in [6.07, 6.45) is 0.397. The molecule has 0 aromatic carbocycles. The van der Waals surface area contributed by atoms with Crippen LogP contribution in [0.25, 0.3) is 0 Å². The van der Waals surface area contributed by atoms with Crippen molar-refractivity contribution in [1.82, 2.24) is 0 Å². The zero-order chi connectivity index (χ0) is 8.15. The second-order valence-electron chi connectivity index (χ2n) is 1.60. The summed E-state index contributed by atoms with van der Waals surface area (Å²) in [5.74, 6) is -0.0121. The zero-order valence-electron chi connectivity index (χ0n) is 5.48. The Hall–Kier alpha value is -0.570. The van der Waals surface area contributed by atoms with Crippen molar-refractivity contribution < 1.29 is 5.11 Å². The van der Waals surface area contributed by atoms with Gasteiger partial charge in [-0.3, -0.25) is 5.41 Å². The fourth-order valence-electron chi connectivity index (χ4n) is 0.417. The Kier molecular flexibility index (Phi) is 4.03. The summed E-state index contributed by atoms with van der Waals surface area (Å²) in [5, 5.41) is 24.4. The summed E-state index contributed by atoms with van der Waals surface area (Å²) >= 11 is 1.69. The minimum atomic E-state index is -0.0121. The maximum atomic E-state index is 9.00. The highest BCUT2D eigenvalue weighted by Gasteiger charge is 2.05. The summed E-state index contributed by atoms with van der Waals surface area (Å²) in [7, 11) is 0. The first-order valence-electron chi connectivity index (χ1n) is 2.70. The van der Waals surface area contributed by atoms with Crippen LogP contribution in [0.2, 0.25) is 0 Å². The van der Waals surface area contributed by atoms with Gasteiger partial charge in [0.15, 0.2) is 0 Å². The summed E-state index contributed by atoms with van der Waals surface area (Å²) in [4.78, 5) is 0. The van der Waals surface area contributed by atoms with Crippen molar-refractivity contribution in [3.63, 3.8) is 0 Å². The predicted molar refractivity (Wildman–Crippen MR) is 47.3 cm³/mol. The van der Waals surface area contributed by atoms with Crippen molar-refractivity contribution in [2.24, 2.45) is 0 Å². The van der Waals surface area contributed by atoms with E-state index < -0.39 is 0 Å². The van der Waals surface area contributed by atoms with Crippen LogP contribution in [0.15, 0.2) is 11.3 Å². The number of nitriles is 1. The molecule has 0 unspecified atom stereocenters. The maximum Gasteiger partial charge on any atom is 0.120 e. The molecule has 2 N–H and O–H groups in total. The van der Waals surface area contributed by atoms with Crippen LogP contribution in [-0.2, 0) is 0 Å². The lowest BCUT2D eigenvalue weighted by Crippen LogP contribution is -1.94. The molecule has 10 heavy (non-hydrogen) atoms. The Bertz CT molecular complexity index is 214. The van der Waals surface area contributed by atoms with E-state index >= 15 is 0 Å². The highest BCUT2D eigenvalue weighted by molar-refractivity contribution is 14.1. The monoisotopic (exact) mass is 250 g/mol. The zero-order valence-corrected chi connectivity index (χ0v) is 7.64. The van der Waals surface area contributed by atoms with Crippen LogP contribution in [0.5, 0.6) is 0 Å². The minimum absolute atomic E-state index is 0.0121. The standard InChI is InChI=1S/C6H7IN2O/c1-2-5(10)4(3-8)6(7)9/h9-10H,2H2,1H3/b5-4-,9-6?. The van der Waals surface area contributed by atoms with Gasteiger partial charge in [0, 0.05) is 6.42 Å². The Morgan fingerprint density at radius 1 is 1.80 bits per heavy atom. The van der Waals surface area contributed by atoms with Gasteiger partial charge in [-0.2, -0.15) is 5.26 Å². The van der Waals surface area contributed by atoms with Crippen LogP contribution in [0.3, 0.4) is 0 Å². The fourth-order valence-corrected chi connectivity index (χ4v) is 0.849. The van der Waals surface area contributed by atoms with E-state index in [9.17, 15) is 0 Å². The number of nitrogens with zero attached hydrogens (tertiary/aromatic N) is 1. The molecule has 0 radical (unpaired) electrons. The van der Waals surface area contributed by atoms with Crippen LogP contribution < -0.4 is 0 Å². The second-order valence-corrected chi connectivity index (χ2v) is 2.68. The van der Waals surface area contributed by atoms with Gasteiger partial charge in [0.2, 0.25) is 0 Å². The SMILES string of the molecule is CC/C(O)=C(\C#N)C(=N)I. The first-order chi connectivity index (χ1) is 4.63. The van der Waals surface area contributed by atoms with E-state index in [0.29, 0.717) is 6.42 Å². The molecular weight excluding hydrogens is 243 g/mol. The Balaban J connectivity index is 4.68. The van der Waals surface area contributed by atoms with E-state index in [-0.39, 0.29) is 15.1 Å². The second kappa shape index (κ2) is 4.28. The van der Waals surface area contributed by atoms with E-state index in [4.69, 9.17) is 15.8 Å². The Labute approximate surface area is 73.0 Å². The number of nitrogens with one attached hydrogen (secondary N) is 1. The van der Waals surface area contributed by atoms with Crippen LogP contribution in [0.1, 0.15) is 13.3 Å². The van der Waals surface area contributed by atoms with E-state index in [2.05, 4.69) is 0 Å². The lowest BCUT2D eigenvalue weighted by Gasteiger charge is -1.95. The molecule has 0 spiro atoms. The molecular formula is C6H7IN2O. The van der Waals surface area contributed by atoms with Crippen LogP contribution >= 0.6 is 22.6 Å². The van der Waals surface area contributed by atoms with E-state index in [1.165, 1.54) is 0 Å². The first-order valence-corrected chi connectivity index (χ1v) is 3.78. The van der Waals surface area contributed by atoms with Crippen LogP contribution in [0, 0.1) is 16.7 Å². The van der Waals surface area contributed by atoms with Crippen molar-refractivity contribution >= 4 is 26.3 Å². The molecule has 0 aliphatic carbocycles. The first kappa shape index (κ1) is 9.43. The van der Waals surface area contributed by atoms with Gasteiger partial charge in [0.25, 0.3) is 0 Å². The molecule has 0 bridgehead atoms. The Morgan fingerprint density at radius 2 is 2.30 bits per heavy atom. The summed E-state index contributed by atoms with van der Waals surface area (Å²) < 4.78 is 0.0828. The van der Waals surface area contributed by atoms with Gasteiger partial charge in [-0.15, -0.1) is 0 Å². The molecule has 0 saturated heterocycles. The van der Waals surface area contributed by atoms with Gasteiger partial charge in [0.05, 0.1) is 0 Å². The highest BCUT2D eigenvalue weighted by atomic mass is 127. The van der Waals surface area contributed by atoms with Crippen molar-refractivity contribution in [3.05, 3.63) is 11.3 Å². The fraction of sp³-hybridized carbons (Fsp3) is 0.333. The topological polar surface area (TPSA) is 67.9 Å². The molecule has 3 nitrogen and oxygen atoms in total. The summed E-state index contributed by atoms with van der Waals surface area (Å²) in [6, 6.07) is 1.75. The summed E-state index contributed by atoms with van der Waals surface area (Å²) in [6.45, 7) is 1.73. The molecule has 0 heterocycles. The van der Waals surface area contributed by atoms with E-state index in [1.54, 1.807) is 35.6 Å². The lowest BCUT2D eigenvalue weighted by molar-refractivity contribution is 0.392. The Morgan fingerprint density at radius 3 is 2.40 bits per heavy atom. The number of aliphatic hydroxyl groups is 1. The normalized spacial score (nSPS) is 11.7. The largest absolute Gasteiger partial charge is 0.511 e. The molecule has 0 atom stereocenters. The third-order valence-corrected chi connectivity index (χ3v) is 1.49. The van der Waals surface area contributed by atoms with Crippen molar-refractivity contribution in [3.8, 4) is 6.07 Å². The third-order valence-electron chi connectivity index (χ3n) is 0.955. The van der Waals surface area contributed by atoms with E-state index in [0.717, 1.165) is 0 Å². The molecule has 4 heteroatoms. The molecule has 54 valence electrons. The molecule has 0 aromatic heterocycles. The van der Waals surface area contributed by atoms with Crippen molar-refractivity contribution in [2.45, 2.75) is 13.3 Å². The van der Waals surface area contributed by atoms with Gasteiger partial charge >= 0.3 is 0 Å². The smallest absolute Gasteiger partial charge is 0.120 e. The number of rotatable bonds is 2. The molecule has 0 aromatic rings. The quantitative estimate of drug-likeness (QED) is 0.341. The van der Waals surface area contributed by atoms with Gasteiger partial charge in [-0.1, -0.05) is 6.92 Å². The maximum absolute atomic E-state index is 9.00. The van der Waals surface area contributed by atoms with Crippen molar-refractivity contribution in [2.75, 3.05) is 0 Å². The number of hydrogen-bond acceptors (Lipinski definition) is 3. The molecule has 0 saturated carbocycles. The molecule has 0 aliphatic rings. The summed E-state index contributed by atoms with van der Waals surface area (Å²) in [5.41, 5.74) is 0.0723. The third kappa shape index (κ3) is 2.35. The predicted octanol–water partition coefficient (Wildman–Crippen LogP) is 2.14. The van der Waals surface area contributed by atoms with Crippen LogP contribution in [-0.4, -0.2) is 8.82 Å². The van der Waals surface area contributed by atoms with Gasteiger partial charge in [-0.05, 0) is 22.6 Å². The molecule has 0 rings (SSSR count). The number of hydrogen-bond donors (Lipinski definition) is 2. The molecule has 0 fully saturated rings. The van der Waals surface area contributed by atoms with Gasteiger partial charge < -0.3 is 5.11 Å². The molecule has 0 aliphatic heterocycles. The van der Waals surface area contributed by atoms with Crippen molar-refractivity contribution in [1.29, 1.82) is 10.7 Å². The lowest BCUT2D eigenvalue weighted by atomic mass is 10.2. The molecule has 0 amide bonds.